The van der Waals surface area contributed by atoms with E-state index in [1.54, 1.807) is 5.57 Å². The lowest BCUT2D eigenvalue weighted by Gasteiger charge is -2.26. The Hall–Kier alpha value is -0.560. The van der Waals surface area contributed by atoms with Gasteiger partial charge in [0.05, 0.1) is 0 Å². The third kappa shape index (κ3) is 2.48. The molecule has 78 valence electrons. The molecule has 1 heteroatoms. The first-order chi connectivity index (χ1) is 6.86. The van der Waals surface area contributed by atoms with E-state index in [-0.39, 0.29) is 0 Å². The molecule has 1 atom stereocenters. The molecule has 0 radical (unpaired) electrons. The van der Waals surface area contributed by atoms with E-state index < -0.39 is 0 Å². The van der Waals surface area contributed by atoms with Gasteiger partial charge in [-0.1, -0.05) is 30.7 Å². The molecule has 0 aromatic rings. The maximum Gasteiger partial charge on any atom is -0.00462 e. The fourth-order valence-corrected chi connectivity index (χ4v) is 2.48. The van der Waals surface area contributed by atoms with Crippen LogP contribution in [0.4, 0.5) is 0 Å². The van der Waals surface area contributed by atoms with Crippen LogP contribution < -0.4 is 5.32 Å². The van der Waals surface area contributed by atoms with Gasteiger partial charge < -0.3 is 5.32 Å². The second kappa shape index (κ2) is 4.79. The van der Waals surface area contributed by atoms with E-state index in [2.05, 4.69) is 30.5 Å². The van der Waals surface area contributed by atoms with Gasteiger partial charge in [0, 0.05) is 0 Å². The van der Waals surface area contributed by atoms with Crippen molar-refractivity contribution in [3.05, 3.63) is 23.8 Å². The molecular formula is C13H21N. The fourth-order valence-electron chi connectivity index (χ4n) is 2.48. The minimum atomic E-state index is 0.787. The normalized spacial score (nSPS) is 28.9. The predicted molar refractivity (Wildman–Crippen MR) is 61.2 cm³/mol. The predicted octanol–water partition coefficient (Wildman–Crippen LogP) is 2.90. The van der Waals surface area contributed by atoms with Crippen LogP contribution in [0.5, 0.6) is 0 Å². The minimum absolute atomic E-state index is 0.787. The average Bonchev–Trinajstić information content (AvgIpc) is 2.23. The van der Waals surface area contributed by atoms with Crippen LogP contribution in [0.2, 0.25) is 0 Å². The topological polar surface area (TPSA) is 12.0 Å². The molecule has 1 unspecified atom stereocenters. The molecule has 0 aromatic heterocycles. The maximum absolute atomic E-state index is 3.43. The van der Waals surface area contributed by atoms with Gasteiger partial charge in [-0.3, -0.25) is 0 Å². The smallest absolute Gasteiger partial charge is 0.00462 e. The van der Waals surface area contributed by atoms with E-state index in [9.17, 15) is 0 Å². The summed E-state index contributed by atoms with van der Waals surface area (Å²) in [7, 11) is 0. The lowest BCUT2D eigenvalue weighted by molar-refractivity contribution is 0.362. The third-order valence-electron chi connectivity index (χ3n) is 3.55. The fraction of sp³-hybridized carbons (Fsp3) is 0.692. The Morgan fingerprint density at radius 2 is 2.14 bits per heavy atom. The summed E-state index contributed by atoms with van der Waals surface area (Å²) in [5.41, 5.74) is 1.68. The largest absolute Gasteiger partial charge is 0.317 e. The van der Waals surface area contributed by atoms with E-state index >= 15 is 0 Å². The second-order valence-electron chi connectivity index (χ2n) is 4.70. The zero-order valence-corrected chi connectivity index (χ0v) is 9.13. The standard InChI is InChI=1S/C13H21N/c1-11-4-2-3-5-13(11)10-12-6-8-14-9-7-12/h2-3,5,11-12,14H,4,6-10H2,1H3. The Bertz CT molecular complexity index is 234. The molecular weight excluding hydrogens is 170 g/mol. The molecule has 0 bridgehead atoms. The van der Waals surface area contributed by atoms with E-state index in [1.165, 1.54) is 38.8 Å². The molecule has 1 nitrogen and oxygen atoms in total. The molecule has 0 spiro atoms. The van der Waals surface area contributed by atoms with E-state index in [1.807, 2.05) is 0 Å². The van der Waals surface area contributed by atoms with Crippen LogP contribution in [-0.2, 0) is 0 Å². The van der Waals surface area contributed by atoms with Gasteiger partial charge in [0.2, 0.25) is 0 Å². The summed E-state index contributed by atoms with van der Waals surface area (Å²) in [5.74, 6) is 1.73. The average molecular weight is 191 g/mol. The van der Waals surface area contributed by atoms with Gasteiger partial charge in [0.25, 0.3) is 0 Å². The minimum Gasteiger partial charge on any atom is -0.317 e. The molecule has 2 aliphatic rings. The van der Waals surface area contributed by atoms with Crippen LogP contribution in [0.1, 0.15) is 32.6 Å². The Kier molecular flexibility index (Phi) is 3.41. The highest BCUT2D eigenvalue weighted by Gasteiger charge is 2.17. The van der Waals surface area contributed by atoms with Crippen molar-refractivity contribution in [2.75, 3.05) is 13.1 Å². The van der Waals surface area contributed by atoms with Crippen molar-refractivity contribution in [3.63, 3.8) is 0 Å². The molecule has 14 heavy (non-hydrogen) atoms. The first kappa shape index (κ1) is 9.97. The first-order valence-electron chi connectivity index (χ1n) is 5.92. The molecule has 0 saturated carbocycles. The third-order valence-corrected chi connectivity index (χ3v) is 3.55. The Morgan fingerprint density at radius 3 is 2.86 bits per heavy atom. The number of rotatable bonds is 2. The van der Waals surface area contributed by atoms with Crippen molar-refractivity contribution in [1.82, 2.24) is 5.32 Å². The Morgan fingerprint density at radius 1 is 1.36 bits per heavy atom. The highest BCUT2D eigenvalue weighted by Crippen LogP contribution is 2.29. The molecule has 0 aromatic carbocycles. The lowest BCUT2D eigenvalue weighted by atomic mass is 9.83. The highest BCUT2D eigenvalue weighted by molar-refractivity contribution is 5.20. The number of allylic oxidation sites excluding steroid dienone is 4. The summed E-state index contributed by atoms with van der Waals surface area (Å²) in [6.45, 7) is 4.81. The molecule has 1 fully saturated rings. The van der Waals surface area contributed by atoms with Crippen LogP contribution in [0.15, 0.2) is 23.8 Å². The van der Waals surface area contributed by atoms with Crippen LogP contribution >= 0.6 is 0 Å². The van der Waals surface area contributed by atoms with Crippen LogP contribution in [-0.4, -0.2) is 13.1 Å². The quantitative estimate of drug-likeness (QED) is 0.707. The van der Waals surface area contributed by atoms with Crippen molar-refractivity contribution in [2.24, 2.45) is 11.8 Å². The summed E-state index contributed by atoms with van der Waals surface area (Å²) in [6, 6.07) is 0. The SMILES string of the molecule is CC1CC=CC=C1CC1CCNCC1. The van der Waals surface area contributed by atoms with E-state index in [0.717, 1.165) is 11.8 Å². The number of nitrogens with one attached hydrogen (secondary N) is 1. The maximum atomic E-state index is 3.43. The van der Waals surface area contributed by atoms with Crippen LogP contribution in [0.25, 0.3) is 0 Å². The zero-order valence-electron chi connectivity index (χ0n) is 9.13. The van der Waals surface area contributed by atoms with Gasteiger partial charge in [-0.25, -0.2) is 0 Å². The second-order valence-corrected chi connectivity index (χ2v) is 4.70. The van der Waals surface area contributed by atoms with Crippen molar-refractivity contribution >= 4 is 0 Å². The van der Waals surface area contributed by atoms with Gasteiger partial charge in [-0.05, 0) is 50.6 Å². The highest BCUT2D eigenvalue weighted by atomic mass is 14.9. The zero-order chi connectivity index (χ0) is 9.80. The molecule has 0 amide bonds. The summed E-state index contributed by atoms with van der Waals surface area (Å²) in [4.78, 5) is 0. The van der Waals surface area contributed by atoms with Gasteiger partial charge in [0.1, 0.15) is 0 Å². The van der Waals surface area contributed by atoms with Gasteiger partial charge in [0.15, 0.2) is 0 Å². The molecule has 1 N–H and O–H groups in total. The number of hydrogen-bond acceptors (Lipinski definition) is 1. The Balaban J connectivity index is 1.88. The first-order valence-corrected chi connectivity index (χ1v) is 5.92. The van der Waals surface area contributed by atoms with Crippen molar-refractivity contribution in [3.8, 4) is 0 Å². The van der Waals surface area contributed by atoms with Gasteiger partial charge in [-0.2, -0.15) is 0 Å². The van der Waals surface area contributed by atoms with E-state index in [4.69, 9.17) is 0 Å². The van der Waals surface area contributed by atoms with Crippen molar-refractivity contribution in [2.45, 2.75) is 32.6 Å². The number of piperidine rings is 1. The molecule has 1 aliphatic carbocycles. The number of hydrogen-bond donors (Lipinski definition) is 1. The summed E-state index contributed by atoms with van der Waals surface area (Å²) in [5, 5.41) is 3.43. The van der Waals surface area contributed by atoms with Gasteiger partial charge in [-0.15, -0.1) is 0 Å². The Labute approximate surface area is 87.3 Å². The summed E-state index contributed by atoms with van der Waals surface area (Å²) >= 11 is 0. The molecule has 2 rings (SSSR count). The molecule has 1 saturated heterocycles. The van der Waals surface area contributed by atoms with E-state index in [0.29, 0.717) is 0 Å². The van der Waals surface area contributed by atoms with Crippen molar-refractivity contribution in [1.29, 1.82) is 0 Å². The van der Waals surface area contributed by atoms with Crippen molar-refractivity contribution < 1.29 is 0 Å². The summed E-state index contributed by atoms with van der Waals surface area (Å²) < 4.78 is 0. The molecule has 1 heterocycles. The van der Waals surface area contributed by atoms with Crippen LogP contribution in [0, 0.1) is 11.8 Å². The summed E-state index contributed by atoms with van der Waals surface area (Å²) in [6.07, 6.45) is 12.2. The molecule has 1 aliphatic heterocycles. The lowest BCUT2D eigenvalue weighted by Crippen LogP contribution is -2.28. The van der Waals surface area contributed by atoms with Crippen LogP contribution in [0.3, 0.4) is 0 Å². The van der Waals surface area contributed by atoms with Gasteiger partial charge >= 0.3 is 0 Å². The monoisotopic (exact) mass is 191 g/mol.